The maximum atomic E-state index is 12.0. The first kappa shape index (κ1) is 37.5. The average Bonchev–Trinajstić information content (AvgIpc) is 3.92. The van der Waals surface area contributed by atoms with E-state index in [-0.39, 0.29) is 8.42 Å². The van der Waals surface area contributed by atoms with Gasteiger partial charge in [-0.2, -0.15) is 27.0 Å². The normalized spacial score (nSPS) is 14.0. The third-order valence-electron chi connectivity index (χ3n) is 10.2. The molecule has 0 radical (unpaired) electrons. The van der Waals surface area contributed by atoms with Gasteiger partial charge in [0, 0.05) is 11.1 Å². The molecule has 284 valence electrons. The van der Waals surface area contributed by atoms with Gasteiger partial charge < -0.3 is 0 Å². The van der Waals surface area contributed by atoms with Crippen LogP contribution in [0.2, 0.25) is 0 Å². The van der Waals surface area contributed by atoms with E-state index < -0.39 is 20.2 Å². The van der Waals surface area contributed by atoms with Gasteiger partial charge in [0.1, 0.15) is 8.42 Å². The molecule has 2 aliphatic rings. The molecule has 6 aromatic rings. The Kier molecular flexibility index (Phi) is 10.2. The number of allylic oxidation sites excluding steroid dienone is 2. The first-order chi connectivity index (χ1) is 26.3. The lowest BCUT2D eigenvalue weighted by atomic mass is 9.94. The molecule has 14 heteroatoms. The van der Waals surface area contributed by atoms with Gasteiger partial charge in [-0.25, -0.2) is 0 Å². The molecule has 0 aliphatic heterocycles. The zero-order valence-corrected chi connectivity index (χ0v) is 33.7. The molecule has 0 bridgehead atoms. The molecule has 0 fully saturated rings. The van der Waals surface area contributed by atoms with Crippen molar-refractivity contribution in [1.29, 1.82) is 0 Å². The minimum atomic E-state index is -4.31. The summed E-state index contributed by atoms with van der Waals surface area (Å²) in [5.74, 6) is 0. The Balaban J connectivity index is 1.000. The van der Waals surface area contributed by atoms with E-state index in [9.17, 15) is 25.9 Å². The van der Waals surface area contributed by atoms with Gasteiger partial charge >= 0.3 is 20.2 Å². The van der Waals surface area contributed by atoms with Crippen molar-refractivity contribution in [2.45, 2.75) is 80.3 Å². The second-order valence-corrected chi connectivity index (χ2v) is 19.6. The van der Waals surface area contributed by atoms with E-state index >= 15 is 0 Å². The highest BCUT2D eigenvalue weighted by molar-refractivity contribution is 7.88. The summed E-state index contributed by atoms with van der Waals surface area (Å²) in [7, 11) is -8.62. The molecule has 2 N–H and O–H groups in total. The first-order valence-electron chi connectivity index (χ1n) is 18.2. The van der Waals surface area contributed by atoms with E-state index in [4.69, 9.17) is 10.2 Å². The predicted molar refractivity (Wildman–Crippen MR) is 218 cm³/mol. The smallest absolute Gasteiger partial charge is 0.281 e. The van der Waals surface area contributed by atoms with Crippen molar-refractivity contribution in [2.75, 3.05) is 0 Å². The van der Waals surface area contributed by atoms with Gasteiger partial charge in [0.2, 0.25) is 0 Å². The van der Waals surface area contributed by atoms with Crippen LogP contribution in [0, 0.1) is 13.8 Å². The van der Waals surface area contributed by atoms with Crippen LogP contribution in [0.3, 0.4) is 0 Å². The van der Waals surface area contributed by atoms with Crippen LogP contribution in [-0.2, 0) is 59.0 Å². The molecule has 2 aromatic carbocycles. The van der Waals surface area contributed by atoms with E-state index in [2.05, 4.69) is 72.8 Å². The van der Waals surface area contributed by atoms with Crippen molar-refractivity contribution >= 4 is 55.1 Å². The molecule has 0 unspecified atom stereocenters. The van der Waals surface area contributed by atoms with Gasteiger partial charge in [-0.05, 0) is 105 Å². The first-order valence-corrected chi connectivity index (χ1v) is 22.7. The number of thiophene rings is 2. The standard InChI is InChI=1S/C41H40N4O6S4/c1-26-10-14-28(15-11-26)24-44-38-32(20-18-30-22-36(52-40(30)38)54(46,47)48)34(42-44)8-6-4-3-5-7-9-35-33-21-19-31-23-37(55(49,50)51)53-41(31)39(33)45(43-35)25-29-16-12-27(2)13-17-29/h6-17,22-23H,3-5,18-21,24-25H2,1-2H3,(H,46,47,48)(H,49,50,51)/b8-6+,9-7+. The minimum Gasteiger partial charge on any atom is -0.281 e. The lowest BCUT2D eigenvalue weighted by Crippen LogP contribution is -2.07. The molecular weight excluding hydrogens is 773 g/mol. The topological polar surface area (TPSA) is 144 Å². The SMILES string of the molecule is Cc1ccc(Cn2nc(/C=C/CCC/C=C/c3nn(Cc4ccc(C)cc4)c4c3CCc3cc(S(=O)(=O)O)sc3-4)c3c2-c2sc(S(=O)(=O)O)cc2CC3)cc1. The van der Waals surface area contributed by atoms with Gasteiger partial charge in [-0.3, -0.25) is 18.5 Å². The van der Waals surface area contributed by atoms with E-state index in [1.807, 2.05) is 23.2 Å². The average molecular weight is 813 g/mol. The monoisotopic (exact) mass is 812 g/mol. The second-order valence-electron chi connectivity index (χ2n) is 14.2. The van der Waals surface area contributed by atoms with Crippen molar-refractivity contribution in [3.8, 4) is 21.1 Å². The Labute approximate surface area is 329 Å². The number of hydrogen-bond donors (Lipinski definition) is 2. The van der Waals surface area contributed by atoms with E-state index in [0.717, 1.165) is 121 Å². The fourth-order valence-electron chi connectivity index (χ4n) is 7.36. The van der Waals surface area contributed by atoms with Gasteiger partial charge in [0.15, 0.2) is 0 Å². The minimum absolute atomic E-state index is 0.0420. The van der Waals surface area contributed by atoms with Crippen molar-refractivity contribution < 1.29 is 25.9 Å². The molecule has 55 heavy (non-hydrogen) atoms. The maximum Gasteiger partial charge on any atom is 0.304 e. The van der Waals surface area contributed by atoms with E-state index in [1.54, 1.807) is 12.1 Å². The summed E-state index contributed by atoms with van der Waals surface area (Å²) >= 11 is 2.20. The van der Waals surface area contributed by atoms with Crippen LogP contribution in [0.15, 0.2) is 81.2 Å². The van der Waals surface area contributed by atoms with Crippen molar-refractivity contribution in [3.05, 3.63) is 129 Å². The largest absolute Gasteiger partial charge is 0.304 e. The Morgan fingerprint density at radius 1 is 0.636 bits per heavy atom. The number of aryl methyl sites for hydroxylation is 4. The Bertz CT molecular complexity index is 2510. The molecule has 0 amide bonds. The van der Waals surface area contributed by atoms with Gasteiger partial charge in [-0.15, -0.1) is 22.7 Å². The summed E-state index contributed by atoms with van der Waals surface area (Å²) < 4.78 is 71.5. The fourth-order valence-corrected chi connectivity index (χ4v) is 11.3. The van der Waals surface area contributed by atoms with Crippen LogP contribution >= 0.6 is 22.7 Å². The molecule has 4 heterocycles. The third-order valence-corrected chi connectivity index (χ3v) is 15.1. The third kappa shape index (κ3) is 7.84. The molecule has 0 spiro atoms. The number of unbranched alkanes of at least 4 members (excludes halogenated alkanes) is 2. The second kappa shape index (κ2) is 14.9. The number of aromatic nitrogens is 4. The van der Waals surface area contributed by atoms with Crippen LogP contribution in [-0.4, -0.2) is 45.5 Å². The van der Waals surface area contributed by atoms with Crippen molar-refractivity contribution in [2.24, 2.45) is 0 Å². The quantitative estimate of drug-likeness (QED) is 0.0922. The summed E-state index contributed by atoms with van der Waals surface area (Å²) in [4.78, 5) is 1.69. The Hall–Kier alpha value is -4.44. The molecular formula is C41H40N4O6S4. The van der Waals surface area contributed by atoms with Gasteiger partial charge in [0.25, 0.3) is 0 Å². The molecule has 10 nitrogen and oxygen atoms in total. The predicted octanol–water partition coefficient (Wildman–Crippen LogP) is 8.84. The maximum absolute atomic E-state index is 12.0. The van der Waals surface area contributed by atoms with Crippen LogP contribution in [0.5, 0.6) is 0 Å². The lowest BCUT2D eigenvalue weighted by molar-refractivity contribution is 0.483. The molecule has 4 aromatic heterocycles. The van der Waals surface area contributed by atoms with E-state index in [0.29, 0.717) is 25.9 Å². The molecule has 0 atom stereocenters. The molecule has 2 aliphatic carbocycles. The summed E-state index contributed by atoms with van der Waals surface area (Å²) in [6.07, 6.45) is 13.8. The van der Waals surface area contributed by atoms with Crippen LogP contribution < -0.4 is 0 Å². The number of nitrogens with zero attached hydrogens (tertiary/aromatic N) is 4. The fraction of sp³-hybridized carbons (Fsp3) is 0.268. The van der Waals surface area contributed by atoms with Gasteiger partial charge in [-0.1, -0.05) is 71.8 Å². The summed E-state index contributed by atoms with van der Waals surface area (Å²) in [6, 6.07) is 19.8. The van der Waals surface area contributed by atoms with Crippen molar-refractivity contribution in [1.82, 2.24) is 19.6 Å². The summed E-state index contributed by atoms with van der Waals surface area (Å²) in [6.45, 7) is 5.18. The number of fused-ring (bicyclic) bond motifs is 6. The summed E-state index contributed by atoms with van der Waals surface area (Å²) in [5, 5.41) is 10.0. The molecule has 0 saturated carbocycles. The number of benzene rings is 2. The van der Waals surface area contributed by atoms with Crippen LogP contribution in [0.25, 0.3) is 33.3 Å². The van der Waals surface area contributed by atoms with Gasteiger partial charge in [0.05, 0.1) is 45.6 Å². The number of hydrogen-bond acceptors (Lipinski definition) is 8. The summed E-state index contributed by atoms with van der Waals surface area (Å²) in [5.41, 5.74) is 12.1. The van der Waals surface area contributed by atoms with Crippen molar-refractivity contribution in [3.63, 3.8) is 0 Å². The Morgan fingerprint density at radius 3 is 1.42 bits per heavy atom. The number of rotatable bonds is 12. The van der Waals surface area contributed by atoms with Crippen LogP contribution in [0.4, 0.5) is 0 Å². The molecule has 8 rings (SSSR count). The highest BCUT2D eigenvalue weighted by atomic mass is 32.3. The zero-order chi connectivity index (χ0) is 38.5. The molecule has 0 saturated heterocycles. The van der Waals surface area contributed by atoms with E-state index in [1.165, 1.54) is 11.1 Å². The zero-order valence-electron chi connectivity index (χ0n) is 30.4. The Morgan fingerprint density at radius 2 is 1.04 bits per heavy atom. The highest BCUT2D eigenvalue weighted by Gasteiger charge is 2.30. The lowest BCUT2D eigenvalue weighted by Gasteiger charge is -2.15. The highest BCUT2D eigenvalue weighted by Crippen LogP contribution is 2.44. The van der Waals surface area contributed by atoms with Crippen LogP contribution in [0.1, 0.15) is 75.2 Å².